The zero-order chi connectivity index (χ0) is 15.7. The van der Waals surface area contributed by atoms with Crippen LogP contribution in [-0.4, -0.2) is 25.1 Å². The number of hydrogen-bond acceptors (Lipinski definition) is 5. The largest absolute Gasteiger partial charge is 0.504 e. The van der Waals surface area contributed by atoms with Gasteiger partial charge in [-0.15, -0.1) is 0 Å². The minimum atomic E-state index is -0.190. The molecule has 3 rings (SSSR count). The van der Waals surface area contributed by atoms with Crippen molar-refractivity contribution in [1.82, 2.24) is 0 Å². The third kappa shape index (κ3) is 2.37. The first-order valence-corrected chi connectivity index (χ1v) is 6.61. The van der Waals surface area contributed by atoms with Crippen molar-refractivity contribution in [3.8, 4) is 23.0 Å². The molecule has 112 valence electrons. The Morgan fingerprint density at radius 3 is 2.64 bits per heavy atom. The van der Waals surface area contributed by atoms with E-state index in [1.165, 1.54) is 13.2 Å². The molecule has 0 saturated heterocycles. The molecule has 0 spiro atoms. The number of methoxy groups -OCH3 is 2. The minimum absolute atomic E-state index is 0.0383. The fourth-order valence-electron chi connectivity index (χ4n) is 2.23. The number of allylic oxidation sites excluding steroid dienone is 1. The minimum Gasteiger partial charge on any atom is -0.504 e. The quantitative estimate of drug-likeness (QED) is 0.882. The summed E-state index contributed by atoms with van der Waals surface area (Å²) in [6, 6.07) is 9.86. The molecule has 0 bridgehead atoms. The summed E-state index contributed by atoms with van der Waals surface area (Å²) in [6.45, 7) is 0. The summed E-state index contributed by atoms with van der Waals surface area (Å²) in [5, 5.41) is 9.59. The summed E-state index contributed by atoms with van der Waals surface area (Å²) in [5.41, 5.74) is 1.19. The number of benzene rings is 2. The Kier molecular flexibility index (Phi) is 3.47. The zero-order valence-corrected chi connectivity index (χ0v) is 12.1. The van der Waals surface area contributed by atoms with E-state index in [-0.39, 0.29) is 17.3 Å². The van der Waals surface area contributed by atoms with E-state index in [0.29, 0.717) is 28.4 Å². The van der Waals surface area contributed by atoms with Crippen LogP contribution in [0.2, 0.25) is 0 Å². The molecule has 0 amide bonds. The standard InChI is InChI=1S/C17H14O5/c1-20-11-4-5-12-14(9-11)22-16(17(12)19)8-10-3-6-13(18)15(7-10)21-2/h3-9,18H,1-2H3/b16-8+. The Balaban J connectivity index is 1.95. The van der Waals surface area contributed by atoms with Gasteiger partial charge in [-0.3, -0.25) is 4.79 Å². The summed E-state index contributed by atoms with van der Waals surface area (Å²) in [4.78, 5) is 12.3. The molecule has 0 aliphatic carbocycles. The molecule has 2 aromatic carbocycles. The van der Waals surface area contributed by atoms with Gasteiger partial charge in [0.15, 0.2) is 17.3 Å². The maximum Gasteiger partial charge on any atom is 0.231 e. The van der Waals surface area contributed by atoms with Crippen LogP contribution in [0.25, 0.3) is 6.08 Å². The van der Waals surface area contributed by atoms with Gasteiger partial charge in [0.25, 0.3) is 0 Å². The maximum absolute atomic E-state index is 12.3. The van der Waals surface area contributed by atoms with Crippen LogP contribution < -0.4 is 14.2 Å². The first kappa shape index (κ1) is 14.0. The Morgan fingerprint density at radius 1 is 1.09 bits per heavy atom. The molecule has 5 heteroatoms. The summed E-state index contributed by atoms with van der Waals surface area (Å²) < 4.78 is 15.8. The van der Waals surface area contributed by atoms with Gasteiger partial charge in [-0.05, 0) is 35.9 Å². The van der Waals surface area contributed by atoms with Gasteiger partial charge in [0.1, 0.15) is 11.5 Å². The van der Waals surface area contributed by atoms with Crippen molar-refractivity contribution >= 4 is 11.9 Å². The fraction of sp³-hybridized carbons (Fsp3) is 0.118. The van der Waals surface area contributed by atoms with Crippen molar-refractivity contribution in [3.63, 3.8) is 0 Å². The SMILES string of the molecule is COc1ccc2c(c1)O/C(=C/c1ccc(O)c(OC)c1)C2=O. The summed E-state index contributed by atoms with van der Waals surface area (Å²) in [6.07, 6.45) is 1.61. The Hall–Kier alpha value is -2.95. The number of fused-ring (bicyclic) bond motifs is 1. The smallest absolute Gasteiger partial charge is 0.231 e. The van der Waals surface area contributed by atoms with Gasteiger partial charge in [-0.2, -0.15) is 0 Å². The average Bonchev–Trinajstić information content (AvgIpc) is 2.84. The molecular weight excluding hydrogens is 284 g/mol. The van der Waals surface area contributed by atoms with Crippen LogP contribution in [0.1, 0.15) is 15.9 Å². The van der Waals surface area contributed by atoms with Gasteiger partial charge in [0, 0.05) is 6.07 Å². The highest BCUT2D eigenvalue weighted by Crippen LogP contribution is 2.35. The van der Waals surface area contributed by atoms with Crippen LogP contribution in [0.3, 0.4) is 0 Å². The number of phenolic OH excluding ortho intramolecular Hbond substituents is 1. The molecule has 1 aliphatic heterocycles. The van der Waals surface area contributed by atoms with E-state index in [1.807, 2.05) is 0 Å². The predicted octanol–water partition coefficient (Wildman–Crippen LogP) is 3.03. The summed E-state index contributed by atoms with van der Waals surface area (Å²) >= 11 is 0. The molecule has 1 N–H and O–H groups in total. The van der Waals surface area contributed by atoms with Crippen molar-refractivity contribution in [2.45, 2.75) is 0 Å². The van der Waals surface area contributed by atoms with Crippen LogP contribution in [0.5, 0.6) is 23.0 Å². The lowest BCUT2D eigenvalue weighted by Gasteiger charge is -2.04. The number of hydrogen-bond donors (Lipinski definition) is 1. The van der Waals surface area contributed by atoms with Crippen molar-refractivity contribution < 1.29 is 24.1 Å². The summed E-state index contributed by atoms with van der Waals surface area (Å²) in [5.74, 6) is 1.50. The van der Waals surface area contributed by atoms with Crippen molar-refractivity contribution in [1.29, 1.82) is 0 Å². The topological polar surface area (TPSA) is 65.0 Å². The van der Waals surface area contributed by atoms with E-state index >= 15 is 0 Å². The molecule has 0 aromatic heterocycles. The lowest BCUT2D eigenvalue weighted by molar-refractivity contribution is 0.101. The lowest BCUT2D eigenvalue weighted by Crippen LogP contribution is -1.98. The van der Waals surface area contributed by atoms with E-state index in [0.717, 1.165) is 0 Å². The van der Waals surface area contributed by atoms with E-state index in [1.54, 1.807) is 43.5 Å². The molecule has 5 nitrogen and oxygen atoms in total. The average molecular weight is 298 g/mol. The number of Topliss-reactive ketones (excluding diaryl/α,β-unsaturated/α-hetero) is 1. The van der Waals surface area contributed by atoms with Crippen LogP contribution in [0.15, 0.2) is 42.2 Å². The normalized spacial score (nSPS) is 14.6. The van der Waals surface area contributed by atoms with Gasteiger partial charge in [0.05, 0.1) is 19.8 Å². The number of ether oxygens (including phenoxy) is 3. The first-order valence-electron chi connectivity index (χ1n) is 6.61. The molecule has 1 heterocycles. The van der Waals surface area contributed by atoms with Gasteiger partial charge >= 0.3 is 0 Å². The number of carbonyl (C=O) groups excluding carboxylic acids is 1. The number of phenols is 1. The van der Waals surface area contributed by atoms with Crippen LogP contribution in [-0.2, 0) is 0 Å². The second-order valence-corrected chi connectivity index (χ2v) is 4.73. The van der Waals surface area contributed by atoms with Crippen molar-refractivity contribution in [2.75, 3.05) is 14.2 Å². The third-order valence-electron chi connectivity index (χ3n) is 3.38. The molecule has 22 heavy (non-hydrogen) atoms. The molecule has 0 radical (unpaired) electrons. The molecular formula is C17H14O5. The van der Waals surface area contributed by atoms with Gasteiger partial charge < -0.3 is 19.3 Å². The number of carbonyl (C=O) groups is 1. The predicted molar refractivity (Wildman–Crippen MR) is 80.6 cm³/mol. The van der Waals surface area contributed by atoms with Crippen LogP contribution in [0.4, 0.5) is 0 Å². The zero-order valence-electron chi connectivity index (χ0n) is 12.1. The second kappa shape index (κ2) is 5.44. The van der Waals surface area contributed by atoms with Crippen LogP contribution >= 0.6 is 0 Å². The molecule has 2 aromatic rings. The summed E-state index contributed by atoms with van der Waals surface area (Å²) in [7, 11) is 3.02. The van der Waals surface area contributed by atoms with E-state index in [2.05, 4.69) is 0 Å². The molecule has 0 unspecified atom stereocenters. The molecule has 0 saturated carbocycles. The second-order valence-electron chi connectivity index (χ2n) is 4.73. The van der Waals surface area contributed by atoms with E-state index < -0.39 is 0 Å². The van der Waals surface area contributed by atoms with Crippen molar-refractivity contribution in [2.24, 2.45) is 0 Å². The number of rotatable bonds is 3. The highest BCUT2D eigenvalue weighted by molar-refractivity contribution is 6.14. The number of aromatic hydroxyl groups is 1. The van der Waals surface area contributed by atoms with Crippen molar-refractivity contribution in [3.05, 3.63) is 53.3 Å². The highest BCUT2D eigenvalue weighted by atomic mass is 16.5. The lowest BCUT2D eigenvalue weighted by atomic mass is 10.1. The molecule has 0 atom stereocenters. The van der Waals surface area contributed by atoms with Gasteiger partial charge in [-0.25, -0.2) is 0 Å². The first-order chi connectivity index (χ1) is 10.6. The molecule has 1 aliphatic rings. The van der Waals surface area contributed by atoms with Gasteiger partial charge in [-0.1, -0.05) is 6.07 Å². The monoisotopic (exact) mass is 298 g/mol. The Morgan fingerprint density at radius 2 is 1.91 bits per heavy atom. The molecule has 0 fully saturated rings. The van der Waals surface area contributed by atoms with Gasteiger partial charge in [0.2, 0.25) is 5.78 Å². The highest BCUT2D eigenvalue weighted by Gasteiger charge is 2.27. The number of ketones is 1. The van der Waals surface area contributed by atoms with Crippen LogP contribution in [0, 0.1) is 0 Å². The van der Waals surface area contributed by atoms with E-state index in [4.69, 9.17) is 14.2 Å². The Labute approximate surface area is 127 Å². The Bertz CT molecular complexity index is 777. The third-order valence-corrected chi connectivity index (χ3v) is 3.38. The fourth-order valence-corrected chi connectivity index (χ4v) is 2.23. The van der Waals surface area contributed by atoms with E-state index in [9.17, 15) is 9.90 Å². The maximum atomic E-state index is 12.3.